The molecule has 118 valence electrons. The molecule has 5 nitrogen and oxygen atoms in total. The third-order valence-corrected chi connectivity index (χ3v) is 5.83. The first-order valence-electron chi connectivity index (χ1n) is 7.42. The van der Waals surface area contributed by atoms with E-state index in [1.165, 1.54) is 4.31 Å². The van der Waals surface area contributed by atoms with Crippen LogP contribution in [-0.4, -0.2) is 43.1 Å². The van der Waals surface area contributed by atoms with Crippen LogP contribution in [0.4, 0.5) is 5.69 Å². The average Bonchev–Trinajstić information content (AvgIpc) is 2.45. The zero-order valence-electron chi connectivity index (χ0n) is 12.7. The smallest absolute Gasteiger partial charge is 0.245 e. The van der Waals surface area contributed by atoms with Crippen molar-refractivity contribution in [1.29, 1.82) is 0 Å². The molecule has 1 aliphatic rings. The van der Waals surface area contributed by atoms with Gasteiger partial charge >= 0.3 is 0 Å². The molecule has 0 atom stereocenters. The number of rotatable bonds is 5. The molecule has 1 fully saturated rings. The van der Waals surface area contributed by atoms with Crippen molar-refractivity contribution in [2.45, 2.75) is 43.6 Å². The summed E-state index contributed by atoms with van der Waals surface area (Å²) in [5, 5.41) is 13.1. The molecule has 2 N–H and O–H groups in total. The highest BCUT2D eigenvalue weighted by Gasteiger charge is 2.34. The van der Waals surface area contributed by atoms with Crippen LogP contribution in [0.15, 0.2) is 29.2 Å². The normalized spacial score (nSPS) is 19.4. The molecule has 0 amide bonds. The van der Waals surface area contributed by atoms with Crippen molar-refractivity contribution in [3.05, 3.63) is 24.3 Å². The molecule has 0 unspecified atom stereocenters. The highest BCUT2D eigenvalue weighted by molar-refractivity contribution is 7.89. The lowest BCUT2D eigenvalue weighted by Gasteiger charge is -2.35. The number of anilines is 1. The summed E-state index contributed by atoms with van der Waals surface area (Å²) in [6.45, 7) is 5.25. The highest BCUT2D eigenvalue weighted by atomic mass is 32.2. The summed E-state index contributed by atoms with van der Waals surface area (Å²) >= 11 is 0. The van der Waals surface area contributed by atoms with Crippen molar-refractivity contribution in [1.82, 2.24) is 4.31 Å². The van der Waals surface area contributed by atoms with Crippen molar-refractivity contribution in [2.24, 2.45) is 0 Å². The monoisotopic (exact) mass is 312 g/mol. The van der Waals surface area contributed by atoms with E-state index in [-0.39, 0.29) is 0 Å². The Bertz CT molecular complexity index is 574. The van der Waals surface area contributed by atoms with Crippen LogP contribution in [0.2, 0.25) is 0 Å². The Balaban J connectivity index is 2.24. The van der Waals surface area contributed by atoms with E-state index in [4.69, 9.17) is 0 Å². The van der Waals surface area contributed by atoms with Gasteiger partial charge in [0.25, 0.3) is 0 Å². The number of piperidine rings is 1. The second kappa shape index (κ2) is 6.34. The number of aliphatic hydroxyl groups is 1. The van der Waals surface area contributed by atoms with E-state index < -0.39 is 15.6 Å². The van der Waals surface area contributed by atoms with Gasteiger partial charge in [0, 0.05) is 19.6 Å². The summed E-state index contributed by atoms with van der Waals surface area (Å²) in [5.41, 5.74) is -0.108. The highest BCUT2D eigenvalue weighted by Crippen LogP contribution is 2.29. The number of sulfonamides is 1. The Kier molecular flexibility index (Phi) is 4.91. The Morgan fingerprint density at radius 3 is 2.52 bits per heavy atom. The molecule has 1 aromatic rings. The van der Waals surface area contributed by atoms with Crippen molar-refractivity contribution in [3.8, 4) is 0 Å². The van der Waals surface area contributed by atoms with Crippen molar-refractivity contribution in [3.63, 3.8) is 0 Å². The summed E-state index contributed by atoms with van der Waals surface area (Å²) in [7, 11) is -3.51. The molecule has 1 aliphatic heterocycles. The van der Waals surface area contributed by atoms with Gasteiger partial charge < -0.3 is 10.4 Å². The molecule has 1 heterocycles. The van der Waals surface area contributed by atoms with Crippen molar-refractivity contribution in [2.75, 3.05) is 25.0 Å². The number of nitrogens with one attached hydrogen (secondary N) is 1. The lowest BCUT2D eigenvalue weighted by molar-refractivity contribution is 0.0126. The van der Waals surface area contributed by atoms with Gasteiger partial charge in [0.15, 0.2) is 0 Å². The van der Waals surface area contributed by atoms with E-state index in [1.807, 2.05) is 13.0 Å². The number of hydrogen-bond acceptors (Lipinski definition) is 4. The second-order valence-corrected chi connectivity index (χ2v) is 7.73. The summed E-state index contributed by atoms with van der Waals surface area (Å²) < 4.78 is 27.0. The van der Waals surface area contributed by atoms with E-state index in [2.05, 4.69) is 5.32 Å². The first-order chi connectivity index (χ1) is 9.87. The maximum Gasteiger partial charge on any atom is 0.245 e. The SMILES string of the molecule is CCCNc1ccccc1S(=O)(=O)N1CCC(C)(O)CC1. The van der Waals surface area contributed by atoms with Gasteiger partial charge in [-0.15, -0.1) is 0 Å². The van der Waals surface area contributed by atoms with Crippen LogP contribution in [0, 0.1) is 0 Å². The topological polar surface area (TPSA) is 69.6 Å². The molecule has 21 heavy (non-hydrogen) atoms. The maximum absolute atomic E-state index is 12.8. The maximum atomic E-state index is 12.8. The van der Waals surface area contributed by atoms with Crippen molar-refractivity contribution < 1.29 is 13.5 Å². The Morgan fingerprint density at radius 2 is 1.90 bits per heavy atom. The minimum absolute atomic E-state index is 0.319. The zero-order valence-corrected chi connectivity index (χ0v) is 13.5. The molecule has 6 heteroatoms. The molecule has 0 aromatic heterocycles. The standard InChI is InChI=1S/C15H24N2O3S/c1-3-10-16-13-6-4-5-7-14(13)21(19,20)17-11-8-15(2,18)9-12-17/h4-7,16,18H,3,8-12H2,1-2H3. The first-order valence-corrected chi connectivity index (χ1v) is 8.86. The quantitative estimate of drug-likeness (QED) is 0.873. The molecule has 1 aromatic carbocycles. The van der Waals surface area contributed by atoms with Crippen LogP contribution in [0.3, 0.4) is 0 Å². The van der Waals surface area contributed by atoms with Gasteiger partial charge in [-0.3, -0.25) is 0 Å². The van der Waals surface area contributed by atoms with Gasteiger partial charge in [-0.2, -0.15) is 4.31 Å². The first kappa shape index (κ1) is 16.3. The molecule has 2 rings (SSSR count). The average molecular weight is 312 g/mol. The Hall–Kier alpha value is -1.11. The Morgan fingerprint density at radius 1 is 1.29 bits per heavy atom. The molecule has 0 saturated carbocycles. The molecule has 0 aliphatic carbocycles. The Labute approximate surface area is 127 Å². The van der Waals surface area contributed by atoms with E-state index in [0.29, 0.717) is 36.5 Å². The zero-order chi connectivity index (χ0) is 15.5. The lowest BCUT2D eigenvalue weighted by Crippen LogP contribution is -2.45. The molecule has 0 bridgehead atoms. The van der Waals surface area contributed by atoms with Crippen LogP contribution < -0.4 is 5.32 Å². The van der Waals surface area contributed by atoms with E-state index in [9.17, 15) is 13.5 Å². The summed E-state index contributed by atoms with van der Waals surface area (Å²) in [4.78, 5) is 0.319. The van der Waals surface area contributed by atoms with E-state index >= 15 is 0 Å². The molecular weight excluding hydrogens is 288 g/mol. The van der Waals surface area contributed by atoms with Crippen LogP contribution in [-0.2, 0) is 10.0 Å². The summed E-state index contributed by atoms with van der Waals surface area (Å²) in [6.07, 6.45) is 1.87. The number of benzene rings is 1. The largest absolute Gasteiger partial charge is 0.390 e. The summed E-state index contributed by atoms with van der Waals surface area (Å²) in [5.74, 6) is 0. The molecular formula is C15H24N2O3S. The van der Waals surface area contributed by atoms with Crippen molar-refractivity contribution >= 4 is 15.7 Å². The van der Waals surface area contributed by atoms with E-state index in [0.717, 1.165) is 13.0 Å². The van der Waals surface area contributed by atoms with Gasteiger partial charge in [0.2, 0.25) is 10.0 Å². The van der Waals surface area contributed by atoms with Gasteiger partial charge in [-0.1, -0.05) is 19.1 Å². The van der Waals surface area contributed by atoms with Gasteiger partial charge in [-0.05, 0) is 38.3 Å². The summed E-state index contributed by atoms with van der Waals surface area (Å²) in [6, 6.07) is 7.00. The third-order valence-electron chi connectivity index (χ3n) is 3.87. The fourth-order valence-corrected chi connectivity index (χ4v) is 4.05. The molecule has 0 radical (unpaired) electrons. The number of para-hydroxylation sites is 1. The van der Waals surface area contributed by atoms with Crippen LogP contribution in [0.5, 0.6) is 0 Å². The number of hydrogen-bond donors (Lipinski definition) is 2. The predicted molar refractivity (Wildman–Crippen MR) is 83.8 cm³/mol. The van der Waals surface area contributed by atoms with Crippen LogP contribution >= 0.6 is 0 Å². The second-order valence-electron chi connectivity index (χ2n) is 5.82. The van der Waals surface area contributed by atoms with Gasteiger partial charge in [0.05, 0.1) is 11.3 Å². The number of nitrogens with zero attached hydrogens (tertiary/aromatic N) is 1. The third kappa shape index (κ3) is 3.75. The fourth-order valence-electron chi connectivity index (χ4n) is 2.44. The minimum Gasteiger partial charge on any atom is -0.390 e. The van der Waals surface area contributed by atoms with Crippen LogP contribution in [0.25, 0.3) is 0 Å². The lowest BCUT2D eigenvalue weighted by atomic mass is 9.95. The van der Waals surface area contributed by atoms with E-state index in [1.54, 1.807) is 25.1 Å². The van der Waals surface area contributed by atoms with Crippen LogP contribution in [0.1, 0.15) is 33.1 Å². The van der Waals surface area contributed by atoms with Gasteiger partial charge in [0.1, 0.15) is 4.90 Å². The minimum atomic E-state index is -3.51. The van der Waals surface area contributed by atoms with Gasteiger partial charge in [-0.25, -0.2) is 8.42 Å². The molecule has 0 spiro atoms. The fraction of sp³-hybridized carbons (Fsp3) is 0.600. The molecule has 1 saturated heterocycles. The predicted octanol–water partition coefficient (Wildman–Crippen LogP) is 2.04.